The fourth-order valence-electron chi connectivity index (χ4n) is 1.79. The number of nitroso groups, excluding NO2 is 1. The SMILES string of the molecule is C[C@@H]1CCC[C@H](C)N1N([O-])N=O. The molecule has 0 N–H and O–H groups in total. The van der Waals surface area contributed by atoms with Crippen molar-refractivity contribution in [2.45, 2.75) is 45.2 Å². The second kappa shape index (κ2) is 3.82. The highest BCUT2D eigenvalue weighted by molar-refractivity contribution is 4.77. The summed E-state index contributed by atoms with van der Waals surface area (Å²) in [7, 11) is 0. The predicted octanol–water partition coefficient (Wildman–Crippen LogP) is 1.65. The van der Waals surface area contributed by atoms with Gasteiger partial charge >= 0.3 is 0 Å². The summed E-state index contributed by atoms with van der Waals surface area (Å²) in [5, 5.41) is 15.0. The Morgan fingerprint density at radius 1 is 1.42 bits per heavy atom. The van der Waals surface area contributed by atoms with Crippen molar-refractivity contribution in [2.24, 2.45) is 5.29 Å². The maximum absolute atomic E-state index is 11.0. The van der Waals surface area contributed by atoms with Crippen LogP contribution in [0.3, 0.4) is 0 Å². The molecule has 0 aliphatic carbocycles. The zero-order valence-corrected chi connectivity index (χ0v) is 7.43. The molecule has 5 heteroatoms. The number of piperidine rings is 1. The summed E-state index contributed by atoms with van der Waals surface area (Å²) < 4.78 is 0. The van der Waals surface area contributed by atoms with Gasteiger partial charge in [-0.15, -0.1) is 4.91 Å². The van der Waals surface area contributed by atoms with Gasteiger partial charge in [-0.25, -0.2) is 5.01 Å². The van der Waals surface area contributed by atoms with Gasteiger partial charge < -0.3 is 5.21 Å². The molecule has 12 heavy (non-hydrogen) atoms. The molecule has 0 aromatic carbocycles. The zero-order chi connectivity index (χ0) is 9.14. The Morgan fingerprint density at radius 3 is 2.33 bits per heavy atom. The van der Waals surface area contributed by atoms with Crippen molar-refractivity contribution < 1.29 is 0 Å². The van der Waals surface area contributed by atoms with E-state index in [0.29, 0.717) is 0 Å². The van der Waals surface area contributed by atoms with E-state index in [-0.39, 0.29) is 17.4 Å². The van der Waals surface area contributed by atoms with E-state index in [0.717, 1.165) is 19.3 Å². The molecule has 0 bridgehead atoms. The molecule has 0 amide bonds. The minimum Gasteiger partial charge on any atom is -0.724 e. The van der Waals surface area contributed by atoms with Crippen LogP contribution in [0.5, 0.6) is 0 Å². The Bertz CT molecular complexity index is 155. The minimum atomic E-state index is 0.129. The van der Waals surface area contributed by atoms with Crippen LogP contribution in [0.2, 0.25) is 0 Å². The predicted molar refractivity (Wildman–Crippen MR) is 45.6 cm³/mol. The Labute approximate surface area is 71.8 Å². The third kappa shape index (κ3) is 1.73. The van der Waals surface area contributed by atoms with Gasteiger partial charge in [-0.05, 0) is 26.7 Å². The summed E-state index contributed by atoms with van der Waals surface area (Å²) in [5.74, 6) is 0. The third-order valence-corrected chi connectivity index (χ3v) is 2.41. The summed E-state index contributed by atoms with van der Waals surface area (Å²) in [6.45, 7) is 3.87. The molecule has 1 aliphatic heterocycles. The fraction of sp³-hybridized carbons (Fsp3) is 1.00. The van der Waals surface area contributed by atoms with Crippen LogP contribution < -0.4 is 0 Å². The lowest BCUT2D eigenvalue weighted by molar-refractivity contribution is -0.0713. The van der Waals surface area contributed by atoms with Crippen LogP contribution in [-0.2, 0) is 0 Å². The van der Waals surface area contributed by atoms with Crippen LogP contribution in [0.4, 0.5) is 0 Å². The second-order valence-electron chi connectivity index (χ2n) is 3.34. The highest BCUT2D eigenvalue weighted by Gasteiger charge is 2.26. The molecule has 0 unspecified atom stereocenters. The number of hydrazine groups is 1. The van der Waals surface area contributed by atoms with Gasteiger partial charge in [-0.3, -0.25) is 5.28 Å². The first kappa shape index (κ1) is 9.41. The van der Waals surface area contributed by atoms with E-state index in [4.69, 9.17) is 0 Å². The van der Waals surface area contributed by atoms with E-state index >= 15 is 0 Å². The number of nitrogens with zero attached hydrogens (tertiary/aromatic N) is 3. The molecule has 5 nitrogen and oxygen atoms in total. The van der Waals surface area contributed by atoms with E-state index < -0.39 is 0 Å². The van der Waals surface area contributed by atoms with Crippen LogP contribution >= 0.6 is 0 Å². The van der Waals surface area contributed by atoms with Gasteiger partial charge in [0.15, 0.2) is 0 Å². The summed E-state index contributed by atoms with van der Waals surface area (Å²) in [6.07, 6.45) is 3.03. The van der Waals surface area contributed by atoms with Gasteiger partial charge in [0.05, 0.1) is 5.29 Å². The maximum atomic E-state index is 11.0. The molecule has 2 atom stereocenters. The average molecular weight is 172 g/mol. The van der Waals surface area contributed by atoms with Gasteiger partial charge in [0.2, 0.25) is 0 Å². The summed E-state index contributed by atoms with van der Waals surface area (Å²) in [4.78, 5) is 10.0. The minimum absolute atomic E-state index is 0.129. The smallest absolute Gasteiger partial charge is 0.0579 e. The molecule has 1 rings (SSSR count). The summed E-state index contributed by atoms with van der Waals surface area (Å²) in [6, 6.07) is 0.257. The van der Waals surface area contributed by atoms with Crippen molar-refractivity contribution in [1.29, 1.82) is 0 Å². The van der Waals surface area contributed by atoms with Crippen molar-refractivity contribution in [1.82, 2.24) is 10.3 Å². The van der Waals surface area contributed by atoms with Crippen molar-refractivity contribution >= 4 is 0 Å². The van der Waals surface area contributed by atoms with Gasteiger partial charge in [-0.1, -0.05) is 6.42 Å². The molecule has 1 saturated heterocycles. The normalized spacial score (nSPS) is 31.6. The van der Waals surface area contributed by atoms with Gasteiger partial charge in [0.1, 0.15) is 0 Å². The largest absolute Gasteiger partial charge is 0.724 e. The number of rotatable bonds is 2. The Balaban J connectivity index is 2.62. The molecule has 0 spiro atoms. The lowest BCUT2D eigenvalue weighted by atomic mass is 10.00. The topological polar surface area (TPSA) is 59.0 Å². The average Bonchev–Trinajstić information content (AvgIpc) is 2.03. The Hall–Kier alpha value is -0.680. The van der Waals surface area contributed by atoms with Gasteiger partial charge in [-0.2, -0.15) is 0 Å². The molecule has 70 valence electrons. The van der Waals surface area contributed by atoms with E-state index in [2.05, 4.69) is 5.29 Å². The van der Waals surface area contributed by atoms with Crippen molar-refractivity contribution in [3.8, 4) is 0 Å². The third-order valence-electron chi connectivity index (χ3n) is 2.41. The van der Waals surface area contributed by atoms with E-state index in [1.54, 1.807) is 0 Å². The molecule has 1 heterocycles. The molecule has 0 aromatic rings. The van der Waals surface area contributed by atoms with Gasteiger partial charge in [0.25, 0.3) is 0 Å². The Morgan fingerprint density at radius 2 is 1.92 bits per heavy atom. The molecular formula is C7H14N3O2-. The van der Waals surface area contributed by atoms with Crippen LogP contribution in [0.15, 0.2) is 5.29 Å². The molecular weight excluding hydrogens is 158 g/mol. The highest BCUT2D eigenvalue weighted by Crippen LogP contribution is 2.23. The number of hydrogen-bond acceptors (Lipinski definition) is 4. The first-order chi connectivity index (χ1) is 5.66. The molecule has 1 fully saturated rings. The fourth-order valence-corrected chi connectivity index (χ4v) is 1.79. The zero-order valence-electron chi connectivity index (χ0n) is 7.43. The van der Waals surface area contributed by atoms with Crippen molar-refractivity contribution in [3.05, 3.63) is 10.1 Å². The quantitative estimate of drug-likeness (QED) is 0.469. The monoisotopic (exact) mass is 172 g/mol. The first-order valence-electron chi connectivity index (χ1n) is 4.25. The maximum Gasteiger partial charge on any atom is 0.0579 e. The van der Waals surface area contributed by atoms with Crippen molar-refractivity contribution in [2.75, 3.05) is 0 Å². The van der Waals surface area contributed by atoms with Crippen LogP contribution in [0.25, 0.3) is 0 Å². The lowest BCUT2D eigenvalue weighted by Crippen LogP contribution is -2.49. The molecule has 0 saturated carbocycles. The molecule has 1 aliphatic rings. The lowest BCUT2D eigenvalue weighted by Gasteiger charge is -2.45. The van der Waals surface area contributed by atoms with E-state index in [1.807, 2.05) is 13.8 Å². The summed E-state index contributed by atoms with van der Waals surface area (Å²) >= 11 is 0. The molecule has 0 aromatic heterocycles. The first-order valence-corrected chi connectivity index (χ1v) is 4.25. The standard InChI is InChI=1S/C7H14N3O2/c1-6-4-3-5-7(2)9(6)10(12)8-11/h6-7H,3-5H2,1-2H3/q-1/t6-,7+. The number of hydrogen-bond donors (Lipinski definition) is 0. The van der Waals surface area contributed by atoms with E-state index in [1.165, 1.54) is 5.01 Å². The second-order valence-corrected chi connectivity index (χ2v) is 3.34. The summed E-state index contributed by atoms with van der Waals surface area (Å²) in [5.41, 5.74) is 0. The van der Waals surface area contributed by atoms with Gasteiger partial charge in [0, 0.05) is 12.1 Å². The molecule has 0 radical (unpaired) electrons. The van der Waals surface area contributed by atoms with Crippen LogP contribution in [0.1, 0.15) is 33.1 Å². The van der Waals surface area contributed by atoms with E-state index in [9.17, 15) is 10.1 Å². The van der Waals surface area contributed by atoms with Crippen LogP contribution in [-0.4, -0.2) is 22.4 Å². The van der Waals surface area contributed by atoms with Crippen LogP contribution in [0, 0.1) is 10.1 Å². The Kier molecular flexibility index (Phi) is 2.99. The van der Waals surface area contributed by atoms with Crippen molar-refractivity contribution in [3.63, 3.8) is 0 Å². The highest BCUT2D eigenvalue weighted by atomic mass is 16.6.